The number of carbonyl (C=O) groups is 3. The molecule has 4 N–H and O–H groups in total. The molecule has 24 heavy (non-hydrogen) atoms. The number of carbonyl (C=O) groups excluding carboxylic acids is 3. The monoisotopic (exact) mass is 335 g/mol. The summed E-state index contributed by atoms with van der Waals surface area (Å²) in [6.45, 7) is 7.35. The molecule has 0 heterocycles. The molecule has 0 bridgehead atoms. The molecule has 0 aliphatic rings. The van der Waals surface area contributed by atoms with Crippen molar-refractivity contribution in [3.05, 3.63) is 29.8 Å². The van der Waals surface area contributed by atoms with Crippen LogP contribution < -0.4 is 21.1 Å². The maximum absolute atomic E-state index is 12.2. The summed E-state index contributed by atoms with van der Waals surface area (Å²) in [4.78, 5) is 35.6. The average Bonchev–Trinajstić information content (AvgIpc) is 2.49. The van der Waals surface area contributed by atoms with Crippen LogP contribution in [-0.4, -0.2) is 36.9 Å². The predicted molar refractivity (Wildman–Crippen MR) is 90.5 cm³/mol. The van der Waals surface area contributed by atoms with Gasteiger partial charge >= 0.3 is 0 Å². The van der Waals surface area contributed by atoms with Gasteiger partial charge in [-0.1, -0.05) is 32.9 Å². The smallest absolute Gasteiger partial charge is 0.255 e. The van der Waals surface area contributed by atoms with E-state index in [0.717, 1.165) is 0 Å². The van der Waals surface area contributed by atoms with Crippen LogP contribution in [0.25, 0.3) is 0 Å². The highest BCUT2D eigenvalue weighted by molar-refractivity contribution is 5.99. The molecule has 0 aromatic heterocycles. The van der Waals surface area contributed by atoms with Crippen molar-refractivity contribution in [3.8, 4) is 5.75 Å². The van der Waals surface area contributed by atoms with E-state index in [4.69, 9.17) is 10.5 Å². The summed E-state index contributed by atoms with van der Waals surface area (Å²) in [5, 5.41) is 5.05. The van der Waals surface area contributed by atoms with Gasteiger partial charge in [-0.3, -0.25) is 14.4 Å². The van der Waals surface area contributed by atoms with E-state index in [1.165, 1.54) is 0 Å². The second kappa shape index (κ2) is 8.33. The van der Waals surface area contributed by atoms with Gasteiger partial charge in [0.2, 0.25) is 11.8 Å². The Morgan fingerprint density at radius 3 is 2.38 bits per heavy atom. The van der Waals surface area contributed by atoms with Crippen molar-refractivity contribution in [1.82, 2.24) is 10.6 Å². The third-order valence-electron chi connectivity index (χ3n) is 3.30. The summed E-state index contributed by atoms with van der Waals surface area (Å²) in [6.07, 6.45) is 0. The number of para-hydroxylation sites is 1. The van der Waals surface area contributed by atoms with Crippen LogP contribution in [0.1, 0.15) is 38.1 Å². The molecule has 132 valence electrons. The van der Waals surface area contributed by atoms with Crippen molar-refractivity contribution < 1.29 is 19.1 Å². The van der Waals surface area contributed by atoms with Gasteiger partial charge in [0.05, 0.1) is 18.7 Å². The van der Waals surface area contributed by atoms with Crippen LogP contribution in [0.5, 0.6) is 5.75 Å². The van der Waals surface area contributed by atoms with Crippen LogP contribution in [0.3, 0.4) is 0 Å². The molecule has 1 aromatic carbocycles. The summed E-state index contributed by atoms with van der Waals surface area (Å²) >= 11 is 0. The van der Waals surface area contributed by atoms with Crippen LogP contribution >= 0.6 is 0 Å². The minimum atomic E-state index is -0.822. The van der Waals surface area contributed by atoms with Crippen molar-refractivity contribution in [1.29, 1.82) is 0 Å². The fourth-order valence-corrected chi connectivity index (χ4v) is 2.12. The van der Waals surface area contributed by atoms with E-state index in [1.54, 1.807) is 45.0 Å². The van der Waals surface area contributed by atoms with Gasteiger partial charge < -0.3 is 21.1 Å². The molecule has 0 saturated heterocycles. The Kier molecular flexibility index (Phi) is 6.76. The minimum absolute atomic E-state index is 0.265. The fourth-order valence-electron chi connectivity index (χ4n) is 2.12. The van der Waals surface area contributed by atoms with Crippen molar-refractivity contribution in [2.24, 2.45) is 11.1 Å². The molecule has 0 radical (unpaired) electrons. The zero-order chi connectivity index (χ0) is 18.3. The lowest BCUT2D eigenvalue weighted by atomic mass is 9.86. The molecule has 0 unspecified atom stereocenters. The van der Waals surface area contributed by atoms with E-state index in [2.05, 4.69) is 10.6 Å². The first-order chi connectivity index (χ1) is 11.2. The molecule has 1 aromatic rings. The second-order valence-corrected chi connectivity index (χ2v) is 6.38. The maximum atomic E-state index is 12.2. The summed E-state index contributed by atoms with van der Waals surface area (Å²) in [5.74, 6) is -1.09. The summed E-state index contributed by atoms with van der Waals surface area (Å²) in [5.41, 5.74) is 5.14. The van der Waals surface area contributed by atoms with Gasteiger partial charge in [-0.25, -0.2) is 0 Å². The van der Waals surface area contributed by atoms with Crippen molar-refractivity contribution in [3.63, 3.8) is 0 Å². The third kappa shape index (κ3) is 5.57. The van der Waals surface area contributed by atoms with Gasteiger partial charge in [-0.15, -0.1) is 0 Å². The first kappa shape index (κ1) is 19.5. The van der Waals surface area contributed by atoms with Crippen LogP contribution in [0, 0.1) is 5.41 Å². The molecular weight excluding hydrogens is 310 g/mol. The molecule has 7 nitrogen and oxygen atoms in total. The third-order valence-corrected chi connectivity index (χ3v) is 3.30. The number of nitrogens with two attached hydrogens (primary N) is 1. The van der Waals surface area contributed by atoms with Gasteiger partial charge in [-0.05, 0) is 24.5 Å². The van der Waals surface area contributed by atoms with Gasteiger partial charge in [0, 0.05) is 0 Å². The SMILES string of the molecule is CCOc1ccccc1C(=O)NCC(=O)N[C@H](C(N)=O)C(C)(C)C. The lowest BCUT2D eigenvalue weighted by Gasteiger charge is -2.28. The number of ether oxygens (including phenoxy) is 1. The van der Waals surface area contributed by atoms with E-state index >= 15 is 0 Å². The Balaban J connectivity index is 2.67. The molecule has 1 rings (SSSR count). The van der Waals surface area contributed by atoms with Gasteiger partial charge in [0.25, 0.3) is 5.91 Å². The van der Waals surface area contributed by atoms with Gasteiger partial charge in [0.15, 0.2) is 0 Å². The largest absolute Gasteiger partial charge is 0.493 e. The second-order valence-electron chi connectivity index (χ2n) is 6.38. The zero-order valence-corrected chi connectivity index (χ0v) is 14.5. The predicted octanol–water partition coefficient (Wildman–Crippen LogP) is 0.831. The van der Waals surface area contributed by atoms with Crippen LogP contribution in [-0.2, 0) is 9.59 Å². The number of hydrogen-bond acceptors (Lipinski definition) is 4. The highest BCUT2D eigenvalue weighted by Gasteiger charge is 2.31. The lowest BCUT2D eigenvalue weighted by molar-refractivity contribution is -0.129. The molecule has 7 heteroatoms. The number of rotatable bonds is 7. The van der Waals surface area contributed by atoms with Crippen LogP contribution in [0.15, 0.2) is 24.3 Å². The molecule has 0 aliphatic carbocycles. The van der Waals surface area contributed by atoms with E-state index in [-0.39, 0.29) is 6.54 Å². The first-order valence-corrected chi connectivity index (χ1v) is 7.75. The van der Waals surface area contributed by atoms with Crippen molar-refractivity contribution in [2.45, 2.75) is 33.7 Å². The topological polar surface area (TPSA) is 111 Å². The van der Waals surface area contributed by atoms with E-state index in [1.807, 2.05) is 6.92 Å². The first-order valence-electron chi connectivity index (χ1n) is 7.75. The quantitative estimate of drug-likeness (QED) is 0.685. The molecular formula is C17H25N3O4. The number of benzene rings is 1. The molecule has 0 spiro atoms. The molecule has 0 fully saturated rings. The standard InChI is InChI=1S/C17H25N3O4/c1-5-24-12-9-7-6-8-11(12)16(23)19-10-13(21)20-14(15(18)22)17(2,3)4/h6-9,14H,5,10H2,1-4H3,(H2,18,22)(H,19,23)(H,20,21)/t14-/m1/s1. The normalized spacial score (nSPS) is 12.2. The number of nitrogens with one attached hydrogen (secondary N) is 2. The lowest BCUT2D eigenvalue weighted by Crippen LogP contribution is -2.54. The number of amides is 3. The Morgan fingerprint density at radius 1 is 1.21 bits per heavy atom. The summed E-state index contributed by atoms with van der Waals surface area (Å²) < 4.78 is 5.38. The highest BCUT2D eigenvalue weighted by atomic mass is 16.5. The molecule has 0 saturated carbocycles. The fraction of sp³-hybridized carbons (Fsp3) is 0.471. The number of hydrogen-bond donors (Lipinski definition) is 3. The average molecular weight is 335 g/mol. The van der Waals surface area contributed by atoms with Crippen molar-refractivity contribution >= 4 is 17.7 Å². The van der Waals surface area contributed by atoms with Crippen molar-refractivity contribution in [2.75, 3.05) is 13.2 Å². The van der Waals surface area contributed by atoms with Gasteiger partial charge in [-0.2, -0.15) is 0 Å². The summed E-state index contributed by atoms with van der Waals surface area (Å²) in [6, 6.07) is 5.94. The van der Waals surface area contributed by atoms with E-state index < -0.39 is 29.2 Å². The highest BCUT2D eigenvalue weighted by Crippen LogP contribution is 2.19. The summed E-state index contributed by atoms with van der Waals surface area (Å²) in [7, 11) is 0. The Hall–Kier alpha value is -2.57. The Morgan fingerprint density at radius 2 is 1.83 bits per heavy atom. The Labute approximate surface area is 141 Å². The minimum Gasteiger partial charge on any atom is -0.493 e. The number of primary amides is 1. The Bertz CT molecular complexity index is 608. The van der Waals surface area contributed by atoms with Gasteiger partial charge in [0.1, 0.15) is 11.8 Å². The van der Waals surface area contributed by atoms with Crippen LogP contribution in [0.2, 0.25) is 0 Å². The molecule has 3 amide bonds. The maximum Gasteiger partial charge on any atom is 0.255 e. The zero-order valence-electron chi connectivity index (χ0n) is 14.5. The van der Waals surface area contributed by atoms with E-state index in [0.29, 0.717) is 17.9 Å². The van der Waals surface area contributed by atoms with E-state index in [9.17, 15) is 14.4 Å². The van der Waals surface area contributed by atoms with Crippen LogP contribution in [0.4, 0.5) is 0 Å². The molecule has 1 atom stereocenters. The molecule has 0 aliphatic heterocycles.